The third-order valence-electron chi connectivity index (χ3n) is 3.63. The minimum Gasteiger partial charge on any atom is -0.744 e. The molecule has 27 heavy (non-hydrogen) atoms. The van der Waals surface area contributed by atoms with Gasteiger partial charge in [0, 0.05) is 10.7 Å². The van der Waals surface area contributed by atoms with Crippen molar-refractivity contribution < 1.29 is 25.6 Å². The number of hydrogen-bond donors (Lipinski definition) is 0. The van der Waals surface area contributed by atoms with Crippen LogP contribution >= 0.6 is 67.8 Å². The predicted molar refractivity (Wildman–Crippen MR) is 126 cm³/mol. The van der Waals surface area contributed by atoms with Crippen molar-refractivity contribution in [3.63, 3.8) is 0 Å². The second-order valence-corrected chi connectivity index (χ2v) is 12.4. The maximum Gasteiger partial charge on any atom is 0.340 e. The summed E-state index contributed by atoms with van der Waals surface area (Å²) < 4.78 is 67.6. The number of rotatable bonds is 5. The molecule has 2 aromatic carbocycles. The van der Waals surface area contributed by atoms with Crippen LogP contribution in [-0.4, -0.2) is 21.4 Å². The monoisotopic (exact) mass is 747 g/mol. The van der Waals surface area contributed by atoms with Crippen LogP contribution < -0.4 is 4.18 Å². The Labute approximate surface area is 199 Å². The highest BCUT2D eigenvalue weighted by molar-refractivity contribution is 14.1. The molecule has 0 saturated heterocycles. The normalized spacial score (nSPS) is 12.4. The summed E-state index contributed by atoms with van der Waals surface area (Å²) in [6, 6.07) is 5.83. The van der Waals surface area contributed by atoms with Crippen LogP contribution in [0.15, 0.2) is 34.1 Å². The van der Waals surface area contributed by atoms with Crippen LogP contribution in [0.5, 0.6) is 5.75 Å². The number of benzene rings is 2. The first-order chi connectivity index (χ1) is 12.2. The Morgan fingerprint density at radius 1 is 0.963 bits per heavy atom. The van der Waals surface area contributed by atoms with Crippen molar-refractivity contribution in [2.45, 2.75) is 36.5 Å². The van der Waals surface area contributed by atoms with E-state index in [-0.39, 0.29) is 32.6 Å². The Kier molecular flexibility index (Phi) is 7.48. The average molecular weight is 747 g/mol. The summed E-state index contributed by atoms with van der Waals surface area (Å²) in [6.07, 6.45) is 0. The van der Waals surface area contributed by atoms with Gasteiger partial charge in [-0.2, -0.15) is 8.42 Å². The summed E-state index contributed by atoms with van der Waals surface area (Å²) in [4.78, 5) is -0.330. The van der Waals surface area contributed by atoms with Crippen LogP contribution in [0.3, 0.4) is 0 Å². The highest BCUT2D eigenvalue weighted by Gasteiger charge is 2.25. The summed E-state index contributed by atoms with van der Waals surface area (Å²) in [5, 5.41) is 0. The van der Waals surface area contributed by atoms with Crippen molar-refractivity contribution in [3.05, 3.63) is 46.1 Å². The number of halogens is 3. The summed E-state index contributed by atoms with van der Waals surface area (Å²) in [7, 11) is -8.84. The van der Waals surface area contributed by atoms with Crippen LogP contribution in [0.25, 0.3) is 0 Å². The molecule has 0 atom stereocenters. The molecular weight excluding hydrogens is 733 g/mol. The summed E-state index contributed by atoms with van der Waals surface area (Å²) in [6.45, 7) is 4.91. The summed E-state index contributed by atoms with van der Waals surface area (Å²) in [5.74, 6) is -0.316. The zero-order valence-corrected chi connectivity index (χ0v) is 22.4. The zero-order chi connectivity index (χ0) is 20.7. The van der Waals surface area contributed by atoms with Crippen molar-refractivity contribution in [2.75, 3.05) is 0 Å². The van der Waals surface area contributed by atoms with E-state index in [4.69, 9.17) is 4.18 Å². The van der Waals surface area contributed by atoms with Gasteiger partial charge in [-0.1, -0.05) is 13.8 Å². The Morgan fingerprint density at radius 3 is 2.07 bits per heavy atom. The SMILES string of the molecule is Cc1cc(S(=O)(=O)[O-])c(C(C)C)cc1OS(=O)(=O)c1cc(I)cc(I)c1I. The van der Waals surface area contributed by atoms with Crippen LogP contribution in [0.4, 0.5) is 0 Å². The molecule has 0 amide bonds. The fourth-order valence-corrected chi connectivity index (χ4v) is 7.68. The lowest BCUT2D eigenvalue weighted by Crippen LogP contribution is -2.14. The first-order valence-electron chi connectivity index (χ1n) is 7.43. The quantitative estimate of drug-likeness (QED) is 0.192. The van der Waals surface area contributed by atoms with Crippen LogP contribution in [0, 0.1) is 17.6 Å². The maximum absolute atomic E-state index is 12.8. The lowest BCUT2D eigenvalue weighted by molar-refractivity contribution is 0.461. The minimum absolute atomic E-state index is 0.00392. The molecule has 2 rings (SSSR count). The highest BCUT2D eigenvalue weighted by atomic mass is 127. The summed E-state index contributed by atoms with van der Waals surface area (Å²) in [5.41, 5.74) is 0.459. The molecule has 148 valence electrons. The first-order valence-corrected chi connectivity index (χ1v) is 13.5. The van der Waals surface area contributed by atoms with Gasteiger partial charge in [-0.15, -0.1) is 0 Å². The third-order valence-corrected chi connectivity index (χ3v) is 9.81. The molecule has 0 bridgehead atoms. The molecule has 0 N–H and O–H groups in total. The average Bonchev–Trinajstić information content (AvgIpc) is 2.50. The molecule has 0 fully saturated rings. The molecule has 0 aromatic heterocycles. The standard InChI is InChI=1S/C16H15I3O6S2/c1-8(2)11-7-13(9(3)4-14(11)26(20,21)22)25-27(23,24)15-6-10(17)5-12(18)16(15)19/h4-8H,1-3H3,(H,20,21,22)/p-1. The maximum atomic E-state index is 12.8. The number of hydrogen-bond acceptors (Lipinski definition) is 6. The van der Waals surface area contributed by atoms with Crippen molar-refractivity contribution in [2.24, 2.45) is 0 Å². The van der Waals surface area contributed by atoms with Crippen LogP contribution in [-0.2, 0) is 20.2 Å². The van der Waals surface area contributed by atoms with E-state index >= 15 is 0 Å². The van der Waals surface area contributed by atoms with Crippen molar-refractivity contribution in [1.29, 1.82) is 0 Å². The lowest BCUT2D eigenvalue weighted by atomic mass is 10.0. The lowest BCUT2D eigenvalue weighted by Gasteiger charge is -2.19. The van der Waals surface area contributed by atoms with Crippen molar-refractivity contribution in [3.8, 4) is 5.75 Å². The van der Waals surface area contributed by atoms with Gasteiger partial charge in [0.05, 0.1) is 4.90 Å². The largest absolute Gasteiger partial charge is 0.744 e. The second-order valence-electron chi connectivity index (χ2n) is 6.00. The molecule has 0 saturated carbocycles. The molecule has 0 unspecified atom stereocenters. The van der Waals surface area contributed by atoms with Gasteiger partial charge < -0.3 is 8.74 Å². The van der Waals surface area contributed by atoms with Crippen LogP contribution in [0.1, 0.15) is 30.9 Å². The second kappa shape index (κ2) is 8.57. The van der Waals surface area contributed by atoms with E-state index < -0.39 is 20.2 Å². The Morgan fingerprint density at radius 2 is 1.56 bits per heavy atom. The van der Waals surface area contributed by atoms with Crippen molar-refractivity contribution >= 4 is 88.0 Å². The van der Waals surface area contributed by atoms with E-state index in [1.807, 2.05) is 73.8 Å². The van der Waals surface area contributed by atoms with Gasteiger partial charge in [-0.05, 0) is 116 Å². The van der Waals surface area contributed by atoms with E-state index in [1.54, 1.807) is 13.8 Å². The van der Waals surface area contributed by atoms with Crippen LogP contribution in [0.2, 0.25) is 0 Å². The third kappa shape index (κ3) is 5.46. The Bertz CT molecular complexity index is 1110. The van der Waals surface area contributed by atoms with Gasteiger partial charge >= 0.3 is 10.1 Å². The molecule has 0 aliphatic carbocycles. The minimum atomic E-state index is -4.69. The van der Waals surface area contributed by atoms with Gasteiger partial charge in [-0.25, -0.2) is 8.42 Å². The fourth-order valence-electron chi connectivity index (χ4n) is 2.31. The smallest absolute Gasteiger partial charge is 0.340 e. The molecule has 2 aromatic rings. The summed E-state index contributed by atoms with van der Waals surface area (Å²) >= 11 is 6.01. The first kappa shape index (κ1) is 23.6. The zero-order valence-electron chi connectivity index (χ0n) is 14.3. The molecule has 0 aliphatic heterocycles. The van der Waals surface area contributed by atoms with Gasteiger partial charge in [0.1, 0.15) is 20.8 Å². The predicted octanol–water partition coefficient (Wildman–Crippen LogP) is 4.60. The van der Waals surface area contributed by atoms with E-state index in [1.165, 1.54) is 19.1 Å². The van der Waals surface area contributed by atoms with Gasteiger partial charge in [-0.3, -0.25) is 0 Å². The molecule has 0 radical (unpaired) electrons. The van der Waals surface area contributed by atoms with E-state index in [2.05, 4.69) is 0 Å². The van der Waals surface area contributed by atoms with E-state index in [9.17, 15) is 21.4 Å². The molecule has 0 aliphatic rings. The molecular formula is C16H14I3O6S2-. The topological polar surface area (TPSA) is 101 Å². The van der Waals surface area contributed by atoms with Gasteiger partial charge in [0.2, 0.25) is 0 Å². The van der Waals surface area contributed by atoms with Gasteiger partial charge in [0.15, 0.2) is 0 Å². The Balaban J connectivity index is 2.62. The van der Waals surface area contributed by atoms with E-state index in [0.717, 1.165) is 13.2 Å². The number of aryl methyl sites for hydroxylation is 1. The highest BCUT2D eigenvalue weighted by Crippen LogP contribution is 2.34. The molecule has 11 heteroatoms. The van der Waals surface area contributed by atoms with E-state index in [0.29, 0.717) is 3.57 Å². The fraction of sp³-hybridized carbons (Fsp3) is 0.250. The van der Waals surface area contributed by atoms with Gasteiger partial charge in [0.25, 0.3) is 0 Å². The molecule has 0 spiro atoms. The Hall–Kier alpha value is 0.290. The molecule has 6 nitrogen and oxygen atoms in total. The van der Waals surface area contributed by atoms with Crippen molar-refractivity contribution in [1.82, 2.24) is 0 Å². The molecule has 0 heterocycles.